The Kier molecular flexibility index (Phi) is 3.73. The molecule has 0 unspecified atom stereocenters. The van der Waals surface area contributed by atoms with E-state index in [0.717, 1.165) is 12.8 Å². The van der Waals surface area contributed by atoms with Crippen LogP contribution in [-0.4, -0.2) is 43.1 Å². The van der Waals surface area contributed by atoms with Crippen LogP contribution in [0.1, 0.15) is 19.8 Å². The number of rotatable bonds is 4. The summed E-state index contributed by atoms with van der Waals surface area (Å²) in [4.78, 5) is 23.7. The maximum Gasteiger partial charge on any atom is 0.325 e. The molecule has 14 heavy (non-hydrogen) atoms. The summed E-state index contributed by atoms with van der Waals surface area (Å²) in [6.07, 6.45) is 2.08. The highest BCUT2D eigenvalue weighted by Gasteiger charge is 2.25. The highest BCUT2D eigenvalue weighted by molar-refractivity contribution is 5.81. The zero-order chi connectivity index (χ0) is 10.6. The molecule has 1 rings (SSSR count). The molecule has 1 aliphatic rings. The first-order valence-electron chi connectivity index (χ1n) is 4.80. The molecular formula is C9H16N2O3. The fourth-order valence-corrected chi connectivity index (χ4v) is 0.985. The SMILES string of the molecule is CCOC(=O)CN(C)C(=O)NC1CC1. The monoisotopic (exact) mass is 200 g/mol. The summed E-state index contributed by atoms with van der Waals surface area (Å²) >= 11 is 0. The second kappa shape index (κ2) is 4.83. The Labute approximate surface area is 83.4 Å². The van der Waals surface area contributed by atoms with Gasteiger partial charge in [0, 0.05) is 13.1 Å². The minimum absolute atomic E-state index is 0.00634. The van der Waals surface area contributed by atoms with Crippen LogP contribution in [0.15, 0.2) is 0 Å². The number of hydrogen-bond acceptors (Lipinski definition) is 3. The normalized spacial score (nSPS) is 14.7. The zero-order valence-electron chi connectivity index (χ0n) is 8.58. The van der Waals surface area contributed by atoms with Crippen molar-refractivity contribution in [2.75, 3.05) is 20.2 Å². The van der Waals surface area contributed by atoms with Crippen LogP contribution in [0.5, 0.6) is 0 Å². The fraction of sp³-hybridized carbons (Fsp3) is 0.778. The first-order chi connectivity index (χ1) is 6.63. The largest absolute Gasteiger partial charge is 0.465 e. The van der Waals surface area contributed by atoms with Crippen LogP contribution in [0.25, 0.3) is 0 Å². The quantitative estimate of drug-likeness (QED) is 0.666. The van der Waals surface area contributed by atoms with Gasteiger partial charge < -0.3 is 15.0 Å². The first-order valence-corrected chi connectivity index (χ1v) is 4.80. The van der Waals surface area contributed by atoms with E-state index in [-0.39, 0.29) is 18.5 Å². The molecule has 1 N–H and O–H groups in total. The van der Waals surface area contributed by atoms with Gasteiger partial charge in [-0.15, -0.1) is 0 Å². The van der Waals surface area contributed by atoms with Crippen LogP contribution < -0.4 is 5.32 Å². The van der Waals surface area contributed by atoms with Crippen LogP contribution in [-0.2, 0) is 9.53 Å². The van der Waals surface area contributed by atoms with Crippen molar-refractivity contribution in [1.29, 1.82) is 0 Å². The molecule has 5 nitrogen and oxygen atoms in total. The second-order valence-corrected chi connectivity index (χ2v) is 3.38. The Morgan fingerprint density at radius 3 is 2.64 bits per heavy atom. The summed E-state index contributed by atoms with van der Waals surface area (Å²) in [5, 5.41) is 2.78. The highest BCUT2D eigenvalue weighted by Crippen LogP contribution is 2.18. The van der Waals surface area contributed by atoms with Crippen molar-refractivity contribution in [1.82, 2.24) is 10.2 Å². The van der Waals surface area contributed by atoms with E-state index in [1.807, 2.05) is 0 Å². The standard InChI is InChI=1S/C9H16N2O3/c1-3-14-8(12)6-11(2)9(13)10-7-4-5-7/h7H,3-6H2,1-2H3,(H,10,13). The number of carbonyl (C=O) groups is 2. The number of nitrogens with one attached hydrogen (secondary N) is 1. The number of hydrogen-bond donors (Lipinski definition) is 1. The molecule has 1 fully saturated rings. The summed E-state index contributed by atoms with van der Waals surface area (Å²) in [6.45, 7) is 2.09. The number of carbonyl (C=O) groups excluding carboxylic acids is 2. The van der Waals surface area contributed by atoms with E-state index in [1.165, 1.54) is 4.90 Å². The molecule has 2 amide bonds. The van der Waals surface area contributed by atoms with Gasteiger partial charge in [-0.1, -0.05) is 0 Å². The van der Waals surface area contributed by atoms with Crippen LogP contribution in [0.2, 0.25) is 0 Å². The zero-order valence-corrected chi connectivity index (χ0v) is 8.58. The molecule has 0 radical (unpaired) electrons. The molecule has 1 saturated carbocycles. The predicted molar refractivity (Wildman–Crippen MR) is 50.8 cm³/mol. The average Bonchev–Trinajstić information content (AvgIpc) is 2.88. The van der Waals surface area contributed by atoms with E-state index in [0.29, 0.717) is 12.6 Å². The summed E-state index contributed by atoms with van der Waals surface area (Å²) in [6, 6.07) is 0.104. The van der Waals surface area contributed by atoms with E-state index >= 15 is 0 Å². The third-order valence-corrected chi connectivity index (χ3v) is 1.92. The molecule has 80 valence electrons. The molecule has 0 bridgehead atoms. The lowest BCUT2D eigenvalue weighted by atomic mass is 10.5. The first kappa shape index (κ1) is 10.8. The van der Waals surface area contributed by atoms with Crippen molar-refractivity contribution in [3.05, 3.63) is 0 Å². The molecule has 0 spiro atoms. The van der Waals surface area contributed by atoms with Crippen molar-refractivity contribution in [3.8, 4) is 0 Å². The van der Waals surface area contributed by atoms with E-state index in [1.54, 1.807) is 14.0 Å². The van der Waals surface area contributed by atoms with Gasteiger partial charge in [-0.3, -0.25) is 4.79 Å². The number of nitrogens with zero attached hydrogens (tertiary/aromatic N) is 1. The molecule has 1 aliphatic carbocycles. The second-order valence-electron chi connectivity index (χ2n) is 3.38. The van der Waals surface area contributed by atoms with Gasteiger partial charge in [0.05, 0.1) is 6.61 Å². The Bertz CT molecular complexity index is 226. The molecule has 0 aromatic heterocycles. The van der Waals surface area contributed by atoms with Crippen LogP contribution in [0, 0.1) is 0 Å². The van der Waals surface area contributed by atoms with Gasteiger partial charge in [0.15, 0.2) is 0 Å². The molecular weight excluding hydrogens is 184 g/mol. The van der Waals surface area contributed by atoms with Gasteiger partial charge in [0.25, 0.3) is 0 Å². The highest BCUT2D eigenvalue weighted by atomic mass is 16.5. The van der Waals surface area contributed by atoms with Gasteiger partial charge in [0.1, 0.15) is 6.54 Å². The van der Waals surface area contributed by atoms with Gasteiger partial charge >= 0.3 is 12.0 Å². The van der Waals surface area contributed by atoms with E-state index in [4.69, 9.17) is 4.74 Å². The Balaban J connectivity index is 2.21. The smallest absolute Gasteiger partial charge is 0.325 e. The van der Waals surface area contributed by atoms with E-state index in [9.17, 15) is 9.59 Å². The lowest BCUT2D eigenvalue weighted by Crippen LogP contribution is -2.41. The molecule has 0 heterocycles. The van der Waals surface area contributed by atoms with Crippen molar-refractivity contribution < 1.29 is 14.3 Å². The molecule has 0 atom stereocenters. The van der Waals surface area contributed by atoms with Crippen LogP contribution in [0.3, 0.4) is 0 Å². The maximum atomic E-state index is 11.3. The van der Waals surface area contributed by atoms with E-state index < -0.39 is 0 Å². The summed E-state index contributed by atoms with van der Waals surface area (Å²) in [7, 11) is 1.58. The van der Waals surface area contributed by atoms with Gasteiger partial charge in [-0.25, -0.2) is 4.79 Å². The number of likely N-dealkylation sites (N-methyl/N-ethyl adjacent to an activating group) is 1. The Morgan fingerprint density at radius 1 is 1.50 bits per heavy atom. The lowest BCUT2D eigenvalue weighted by Gasteiger charge is -2.16. The van der Waals surface area contributed by atoms with Crippen molar-refractivity contribution >= 4 is 12.0 Å². The topological polar surface area (TPSA) is 58.6 Å². The van der Waals surface area contributed by atoms with Crippen LogP contribution >= 0.6 is 0 Å². The van der Waals surface area contributed by atoms with Gasteiger partial charge in [-0.2, -0.15) is 0 Å². The van der Waals surface area contributed by atoms with Crippen molar-refractivity contribution in [2.24, 2.45) is 0 Å². The number of amides is 2. The third kappa shape index (κ3) is 3.64. The number of ether oxygens (including phenoxy) is 1. The third-order valence-electron chi connectivity index (χ3n) is 1.92. The fourth-order valence-electron chi connectivity index (χ4n) is 0.985. The van der Waals surface area contributed by atoms with Crippen molar-refractivity contribution in [2.45, 2.75) is 25.8 Å². The summed E-state index contributed by atoms with van der Waals surface area (Å²) in [5.74, 6) is -0.374. The van der Waals surface area contributed by atoms with Gasteiger partial charge in [-0.05, 0) is 19.8 Å². The molecule has 0 aliphatic heterocycles. The predicted octanol–water partition coefficient (Wildman–Crippen LogP) is 0.353. The summed E-state index contributed by atoms with van der Waals surface area (Å²) < 4.78 is 4.72. The van der Waals surface area contributed by atoms with Gasteiger partial charge in [0.2, 0.25) is 0 Å². The number of esters is 1. The maximum absolute atomic E-state index is 11.3. The lowest BCUT2D eigenvalue weighted by molar-refractivity contribution is -0.143. The molecule has 0 saturated heterocycles. The minimum Gasteiger partial charge on any atom is -0.465 e. The molecule has 0 aromatic rings. The Morgan fingerprint density at radius 2 is 2.14 bits per heavy atom. The minimum atomic E-state index is -0.374. The average molecular weight is 200 g/mol. The van der Waals surface area contributed by atoms with Crippen molar-refractivity contribution in [3.63, 3.8) is 0 Å². The number of urea groups is 1. The summed E-state index contributed by atoms with van der Waals surface area (Å²) in [5.41, 5.74) is 0. The van der Waals surface area contributed by atoms with Crippen LogP contribution in [0.4, 0.5) is 4.79 Å². The Hall–Kier alpha value is -1.26. The van der Waals surface area contributed by atoms with E-state index in [2.05, 4.69) is 5.32 Å². The molecule has 5 heteroatoms. The molecule has 0 aromatic carbocycles.